The van der Waals surface area contributed by atoms with Gasteiger partial charge in [0.2, 0.25) is 0 Å². The first kappa shape index (κ1) is 11.9. The van der Waals surface area contributed by atoms with E-state index in [9.17, 15) is 10.2 Å². The Hall–Kier alpha value is -1.22. The molecule has 0 aliphatic rings. The third-order valence-corrected chi connectivity index (χ3v) is 2.23. The van der Waals surface area contributed by atoms with Crippen LogP contribution in [0.25, 0.3) is 0 Å². The van der Waals surface area contributed by atoms with E-state index in [1.807, 2.05) is 13.8 Å². The lowest BCUT2D eigenvalue weighted by atomic mass is 10.0. The second kappa shape index (κ2) is 5.61. The largest absolute Gasteiger partial charge is 0.504 e. The Bertz CT molecular complexity index is 310. The summed E-state index contributed by atoms with van der Waals surface area (Å²) in [5, 5.41) is 19.2. The van der Waals surface area contributed by atoms with Crippen molar-refractivity contribution in [2.75, 3.05) is 6.61 Å². The molecule has 0 aliphatic heterocycles. The Morgan fingerprint density at radius 2 is 2.07 bits per heavy atom. The molecule has 0 bridgehead atoms. The van der Waals surface area contributed by atoms with Gasteiger partial charge < -0.3 is 14.9 Å². The smallest absolute Gasteiger partial charge is 0.161 e. The van der Waals surface area contributed by atoms with Crippen LogP contribution >= 0.6 is 0 Å². The van der Waals surface area contributed by atoms with Crippen molar-refractivity contribution in [3.63, 3.8) is 0 Å². The number of phenols is 1. The Kier molecular flexibility index (Phi) is 4.43. The van der Waals surface area contributed by atoms with E-state index in [1.54, 1.807) is 18.2 Å². The van der Waals surface area contributed by atoms with Crippen molar-refractivity contribution in [2.24, 2.45) is 0 Å². The van der Waals surface area contributed by atoms with Crippen LogP contribution < -0.4 is 4.74 Å². The molecule has 0 saturated heterocycles. The minimum Gasteiger partial charge on any atom is -0.504 e. The highest BCUT2D eigenvalue weighted by Crippen LogP contribution is 2.30. The van der Waals surface area contributed by atoms with Crippen LogP contribution in [0, 0.1) is 0 Å². The van der Waals surface area contributed by atoms with E-state index in [1.165, 1.54) is 0 Å². The third kappa shape index (κ3) is 3.13. The fourth-order valence-electron chi connectivity index (χ4n) is 1.45. The van der Waals surface area contributed by atoms with Crippen LogP contribution in [0.3, 0.4) is 0 Å². The summed E-state index contributed by atoms with van der Waals surface area (Å²) in [7, 11) is 0. The summed E-state index contributed by atoms with van der Waals surface area (Å²) in [5.74, 6) is 0.550. The van der Waals surface area contributed by atoms with Crippen molar-refractivity contribution in [1.29, 1.82) is 0 Å². The number of ether oxygens (including phenoxy) is 1. The molecule has 0 fully saturated rings. The Morgan fingerprint density at radius 1 is 1.33 bits per heavy atom. The van der Waals surface area contributed by atoms with Gasteiger partial charge in [-0.1, -0.05) is 19.4 Å². The second-order valence-corrected chi connectivity index (χ2v) is 3.46. The lowest BCUT2D eigenvalue weighted by Crippen LogP contribution is -1.98. The quantitative estimate of drug-likeness (QED) is 0.785. The van der Waals surface area contributed by atoms with Gasteiger partial charge in [0.05, 0.1) is 12.7 Å². The molecule has 15 heavy (non-hydrogen) atoms. The SMILES string of the molecule is CCCC(O)c1ccc(O)c(OCC)c1. The van der Waals surface area contributed by atoms with Gasteiger partial charge in [0.15, 0.2) is 11.5 Å². The van der Waals surface area contributed by atoms with Crippen LogP contribution in [0.2, 0.25) is 0 Å². The summed E-state index contributed by atoms with van der Waals surface area (Å²) in [4.78, 5) is 0. The molecule has 0 spiro atoms. The van der Waals surface area contributed by atoms with Gasteiger partial charge in [-0.3, -0.25) is 0 Å². The van der Waals surface area contributed by atoms with Gasteiger partial charge in [0.1, 0.15) is 0 Å². The van der Waals surface area contributed by atoms with Gasteiger partial charge >= 0.3 is 0 Å². The number of hydrogen-bond donors (Lipinski definition) is 2. The predicted molar refractivity (Wildman–Crippen MR) is 59.1 cm³/mol. The van der Waals surface area contributed by atoms with E-state index in [2.05, 4.69) is 0 Å². The average Bonchev–Trinajstić information content (AvgIpc) is 2.22. The first-order chi connectivity index (χ1) is 7.19. The van der Waals surface area contributed by atoms with Gasteiger partial charge in [-0.15, -0.1) is 0 Å². The summed E-state index contributed by atoms with van der Waals surface area (Å²) in [6, 6.07) is 4.97. The van der Waals surface area contributed by atoms with E-state index in [0.717, 1.165) is 18.4 Å². The van der Waals surface area contributed by atoms with Crippen molar-refractivity contribution >= 4 is 0 Å². The van der Waals surface area contributed by atoms with E-state index in [-0.39, 0.29) is 5.75 Å². The minimum absolute atomic E-state index is 0.115. The molecule has 84 valence electrons. The summed E-state index contributed by atoms with van der Waals surface area (Å²) < 4.78 is 5.24. The Labute approximate surface area is 90.3 Å². The fraction of sp³-hybridized carbons (Fsp3) is 0.500. The molecule has 3 nitrogen and oxygen atoms in total. The maximum absolute atomic E-state index is 9.77. The third-order valence-electron chi connectivity index (χ3n) is 2.23. The van der Waals surface area contributed by atoms with Gasteiger partial charge in [0.25, 0.3) is 0 Å². The van der Waals surface area contributed by atoms with Gasteiger partial charge in [0, 0.05) is 0 Å². The van der Waals surface area contributed by atoms with Crippen LogP contribution in [0.4, 0.5) is 0 Å². The zero-order chi connectivity index (χ0) is 11.3. The summed E-state index contributed by atoms with van der Waals surface area (Å²) in [5.41, 5.74) is 0.790. The molecule has 1 unspecified atom stereocenters. The first-order valence-corrected chi connectivity index (χ1v) is 5.32. The number of benzene rings is 1. The molecule has 0 saturated carbocycles. The van der Waals surface area contributed by atoms with Crippen LogP contribution in [0.1, 0.15) is 38.4 Å². The van der Waals surface area contributed by atoms with Crippen molar-refractivity contribution in [1.82, 2.24) is 0 Å². The maximum Gasteiger partial charge on any atom is 0.161 e. The summed E-state index contributed by atoms with van der Waals surface area (Å²) >= 11 is 0. The Balaban J connectivity index is 2.86. The summed E-state index contributed by atoms with van der Waals surface area (Å²) in [6.45, 7) is 4.38. The molecule has 0 amide bonds. The lowest BCUT2D eigenvalue weighted by molar-refractivity contribution is 0.166. The topological polar surface area (TPSA) is 49.7 Å². The second-order valence-electron chi connectivity index (χ2n) is 3.46. The minimum atomic E-state index is -0.477. The average molecular weight is 210 g/mol. The summed E-state index contributed by atoms with van der Waals surface area (Å²) in [6.07, 6.45) is 1.16. The standard InChI is InChI=1S/C12H18O3/c1-3-5-10(13)9-6-7-11(14)12(8-9)15-4-2/h6-8,10,13-14H,3-5H2,1-2H3. The van der Waals surface area contributed by atoms with Crippen molar-refractivity contribution in [2.45, 2.75) is 32.8 Å². The molecule has 1 atom stereocenters. The van der Waals surface area contributed by atoms with Gasteiger partial charge in [-0.25, -0.2) is 0 Å². The lowest BCUT2D eigenvalue weighted by Gasteiger charge is -2.12. The Morgan fingerprint density at radius 3 is 2.67 bits per heavy atom. The molecular formula is C12H18O3. The molecular weight excluding hydrogens is 192 g/mol. The van der Waals surface area contributed by atoms with E-state index < -0.39 is 6.10 Å². The molecule has 1 aromatic rings. The highest BCUT2D eigenvalue weighted by atomic mass is 16.5. The van der Waals surface area contributed by atoms with Gasteiger partial charge in [-0.2, -0.15) is 0 Å². The molecule has 0 aliphatic carbocycles. The maximum atomic E-state index is 9.77. The predicted octanol–water partition coefficient (Wildman–Crippen LogP) is 2.62. The number of aliphatic hydroxyl groups excluding tert-OH is 1. The van der Waals surface area contributed by atoms with Crippen LogP contribution in [0.5, 0.6) is 11.5 Å². The highest BCUT2D eigenvalue weighted by Gasteiger charge is 2.09. The van der Waals surface area contributed by atoms with Crippen molar-refractivity contribution in [3.8, 4) is 11.5 Å². The number of aliphatic hydroxyl groups is 1. The van der Waals surface area contributed by atoms with Crippen molar-refractivity contribution < 1.29 is 14.9 Å². The number of hydrogen-bond acceptors (Lipinski definition) is 3. The first-order valence-electron chi connectivity index (χ1n) is 5.32. The van der Waals surface area contributed by atoms with E-state index in [0.29, 0.717) is 12.4 Å². The number of rotatable bonds is 5. The zero-order valence-corrected chi connectivity index (χ0v) is 9.23. The van der Waals surface area contributed by atoms with Gasteiger partial charge in [-0.05, 0) is 31.0 Å². The molecule has 1 aromatic carbocycles. The molecule has 0 aromatic heterocycles. The van der Waals surface area contributed by atoms with Crippen LogP contribution in [0.15, 0.2) is 18.2 Å². The van der Waals surface area contributed by atoms with Crippen molar-refractivity contribution in [3.05, 3.63) is 23.8 Å². The molecule has 3 heteroatoms. The van der Waals surface area contributed by atoms with E-state index >= 15 is 0 Å². The monoisotopic (exact) mass is 210 g/mol. The normalized spacial score (nSPS) is 12.5. The van der Waals surface area contributed by atoms with Crippen LogP contribution in [-0.2, 0) is 0 Å². The zero-order valence-electron chi connectivity index (χ0n) is 9.23. The van der Waals surface area contributed by atoms with Crippen LogP contribution in [-0.4, -0.2) is 16.8 Å². The molecule has 0 radical (unpaired) electrons. The highest BCUT2D eigenvalue weighted by molar-refractivity contribution is 5.42. The van der Waals surface area contributed by atoms with E-state index in [4.69, 9.17) is 4.74 Å². The molecule has 1 rings (SSSR count). The fourth-order valence-corrected chi connectivity index (χ4v) is 1.45. The number of aromatic hydroxyl groups is 1. The number of phenolic OH excluding ortho intramolecular Hbond substituents is 1. The molecule has 0 heterocycles. The molecule has 2 N–H and O–H groups in total.